The number of aryl methyl sites for hydroxylation is 2. The summed E-state index contributed by atoms with van der Waals surface area (Å²) < 4.78 is 27.3. The monoisotopic (exact) mass is 287 g/mol. The van der Waals surface area contributed by atoms with Gasteiger partial charge in [0, 0.05) is 12.1 Å². The first kappa shape index (κ1) is 14.1. The summed E-state index contributed by atoms with van der Waals surface area (Å²) in [6.07, 6.45) is 1.91. The van der Waals surface area contributed by atoms with Gasteiger partial charge in [-0.15, -0.1) is 0 Å². The second-order valence-corrected chi connectivity index (χ2v) is 6.00. The SMILES string of the molecule is Cc1ccc(C2CC(Nc3cc(F)c(C)cc3F)C2)cc1. The second kappa shape index (κ2) is 5.47. The van der Waals surface area contributed by atoms with Crippen LogP contribution in [0.5, 0.6) is 0 Å². The van der Waals surface area contributed by atoms with Crippen molar-refractivity contribution in [3.8, 4) is 0 Å². The van der Waals surface area contributed by atoms with E-state index >= 15 is 0 Å². The van der Waals surface area contributed by atoms with Crippen LogP contribution in [-0.2, 0) is 0 Å². The molecule has 0 aliphatic heterocycles. The van der Waals surface area contributed by atoms with Gasteiger partial charge in [-0.1, -0.05) is 29.8 Å². The van der Waals surface area contributed by atoms with Gasteiger partial charge < -0.3 is 5.32 Å². The van der Waals surface area contributed by atoms with Crippen molar-refractivity contribution in [2.24, 2.45) is 0 Å². The Bertz CT molecular complexity index is 643. The van der Waals surface area contributed by atoms with Crippen molar-refractivity contribution in [3.63, 3.8) is 0 Å². The molecule has 1 aliphatic rings. The molecule has 0 atom stereocenters. The zero-order valence-corrected chi connectivity index (χ0v) is 12.3. The smallest absolute Gasteiger partial charge is 0.146 e. The van der Waals surface area contributed by atoms with Crippen LogP contribution in [0.2, 0.25) is 0 Å². The molecule has 2 aromatic carbocycles. The number of hydrogen-bond donors (Lipinski definition) is 1. The highest BCUT2D eigenvalue weighted by Crippen LogP contribution is 2.39. The van der Waals surface area contributed by atoms with Gasteiger partial charge in [-0.25, -0.2) is 8.78 Å². The molecule has 0 spiro atoms. The van der Waals surface area contributed by atoms with E-state index in [9.17, 15) is 8.78 Å². The molecule has 1 aliphatic carbocycles. The summed E-state index contributed by atoms with van der Waals surface area (Å²) in [6, 6.07) is 11.3. The number of rotatable bonds is 3. The molecule has 0 aromatic heterocycles. The lowest BCUT2D eigenvalue weighted by Gasteiger charge is -2.37. The highest BCUT2D eigenvalue weighted by atomic mass is 19.1. The highest BCUT2D eigenvalue weighted by Gasteiger charge is 2.30. The Labute approximate surface area is 124 Å². The van der Waals surface area contributed by atoms with Crippen LogP contribution in [0.4, 0.5) is 14.5 Å². The maximum atomic E-state index is 13.8. The van der Waals surface area contributed by atoms with E-state index in [2.05, 4.69) is 36.5 Å². The molecule has 0 amide bonds. The normalized spacial score (nSPS) is 21.0. The van der Waals surface area contributed by atoms with Crippen molar-refractivity contribution in [1.29, 1.82) is 0 Å². The summed E-state index contributed by atoms with van der Waals surface area (Å²) in [4.78, 5) is 0. The summed E-state index contributed by atoms with van der Waals surface area (Å²) in [5.74, 6) is -0.234. The van der Waals surface area contributed by atoms with Gasteiger partial charge in [0.15, 0.2) is 0 Å². The molecule has 3 rings (SSSR count). The van der Waals surface area contributed by atoms with Crippen LogP contribution in [0.3, 0.4) is 0 Å². The number of nitrogens with one attached hydrogen (secondary N) is 1. The average molecular weight is 287 g/mol. The molecule has 0 saturated heterocycles. The van der Waals surface area contributed by atoms with E-state index in [-0.39, 0.29) is 23.4 Å². The lowest BCUT2D eigenvalue weighted by Crippen LogP contribution is -2.34. The molecule has 2 aromatic rings. The number of hydrogen-bond acceptors (Lipinski definition) is 1. The minimum Gasteiger partial charge on any atom is -0.380 e. The van der Waals surface area contributed by atoms with E-state index in [0.717, 1.165) is 12.8 Å². The fourth-order valence-corrected chi connectivity index (χ4v) is 2.82. The van der Waals surface area contributed by atoms with Crippen LogP contribution in [0.1, 0.15) is 35.4 Å². The Kier molecular flexibility index (Phi) is 3.66. The third-order valence-electron chi connectivity index (χ3n) is 4.29. The van der Waals surface area contributed by atoms with Crippen molar-refractivity contribution in [2.45, 2.75) is 38.6 Å². The fourth-order valence-electron chi connectivity index (χ4n) is 2.82. The molecular weight excluding hydrogens is 268 g/mol. The Morgan fingerprint density at radius 1 is 0.952 bits per heavy atom. The van der Waals surface area contributed by atoms with Gasteiger partial charge in [-0.3, -0.25) is 0 Å². The van der Waals surface area contributed by atoms with E-state index in [1.807, 2.05) is 0 Å². The zero-order valence-electron chi connectivity index (χ0n) is 12.3. The molecule has 21 heavy (non-hydrogen) atoms. The molecule has 0 heterocycles. The summed E-state index contributed by atoms with van der Waals surface area (Å²) in [5.41, 5.74) is 3.19. The first-order valence-corrected chi connectivity index (χ1v) is 7.31. The maximum Gasteiger partial charge on any atom is 0.146 e. The Morgan fingerprint density at radius 2 is 1.62 bits per heavy atom. The van der Waals surface area contributed by atoms with Crippen molar-refractivity contribution in [2.75, 3.05) is 5.32 Å². The third-order valence-corrected chi connectivity index (χ3v) is 4.29. The highest BCUT2D eigenvalue weighted by molar-refractivity contribution is 5.48. The molecule has 1 N–H and O–H groups in total. The van der Waals surface area contributed by atoms with E-state index in [0.29, 0.717) is 11.5 Å². The molecule has 3 heteroatoms. The van der Waals surface area contributed by atoms with Crippen molar-refractivity contribution in [1.82, 2.24) is 0 Å². The average Bonchev–Trinajstić information content (AvgIpc) is 2.40. The van der Waals surface area contributed by atoms with Gasteiger partial charge in [-0.05, 0) is 49.8 Å². The minimum absolute atomic E-state index is 0.216. The molecule has 1 fully saturated rings. The topological polar surface area (TPSA) is 12.0 Å². The molecule has 0 radical (unpaired) electrons. The minimum atomic E-state index is -0.382. The molecular formula is C18H19F2N. The maximum absolute atomic E-state index is 13.8. The first-order chi connectivity index (χ1) is 10.0. The van der Waals surface area contributed by atoms with Gasteiger partial charge in [0.25, 0.3) is 0 Å². The predicted octanol–water partition coefficient (Wildman–Crippen LogP) is 4.94. The molecule has 0 bridgehead atoms. The molecule has 110 valence electrons. The summed E-state index contributed by atoms with van der Waals surface area (Å²) in [6.45, 7) is 3.64. The largest absolute Gasteiger partial charge is 0.380 e. The van der Waals surface area contributed by atoms with Crippen LogP contribution in [0.15, 0.2) is 36.4 Å². The Hall–Kier alpha value is -1.90. The quantitative estimate of drug-likeness (QED) is 0.843. The number of benzene rings is 2. The van der Waals surface area contributed by atoms with Gasteiger partial charge in [0.1, 0.15) is 11.6 Å². The summed E-state index contributed by atoms with van der Waals surface area (Å²) >= 11 is 0. The summed E-state index contributed by atoms with van der Waals surface area (Å²) in [5, 5.41) is 3.11. The van der Waals surface area contributed by atoms with Crippen molar-refractivity contribution in [3.05, 3.63) is 64.7 Å². The number of anilines is 1. The molecule has 1 nitrogen and oxygen atoms in total. The van der Waals surface area contributed by atoms with Crippen LogP contribution in [0, 0.1) is 25.5 Å². The second-order valence-electron chi connectivity index (χ2n) is 6.00. The standard InChI is InChI=1S/C18H19F2N/c1-11-3-5-13(6-4-11)14-8-15(9-14)21-18-10-16(19)12(2)7-17(18)20/h3-7,10,14-15,21H,8-9H2,1-2H3. The molecule has 1 saturated carbocycles. The van der Waals surface area contributed by atoms with E-state index in [1.165, 1.54) is 23.3 Å². The Balaban J connectivity index is 1.62. The van der Waals surface area contributed by atoms with Crippen LogP contribution in [0.25, 0.3) is 0 Å². The first-order valence-electron chi connectivity index (χ1n) is 7.31. The van der Waals surface area contributed by atoms with Gasteiger partial charge in [0.2, 0.25) is 0 Å². The van der Waals surface area contributed by atoms with Crippen molar-refractivity contribution < 1.29 is 8.78 Å². The number of halogens is 2. The van der Waals surface area contributed by atoms with Gasteiger partial charge in [-0.2, -0.15) is 0 Å². The Morgan fingerprint density at radius 3 is 2.29 bits per heavy atom. The van der Waals surface area contributed by atoms with Gasteiger partial charge >= 0.3 is 0 Å². The lowest BCUT2D eigenvalue weighted by atomic mass is 9.75. The zero-order chi connectivity index (χ0) is 15.0. The van der Waals surface area contributed by atoms with Crippen LogP contribution >= 0.6 is 0 Å². The van der Waals surface area contributed by atoms with Crippen LogP contribution < -0.4 is 5.32 Å². The van der Waals surface area contributed by atoms with E-state index in [1.54, 1.807) is 6.92 Å². The lowest BCUT2D eigenvalue weighted by molar-refractivity contribution is 0.372. The predicted molar refractivity (Wildman–Crippen MR) is 81.7 cm³/mol. The third kappa shape index (κ3) is 2.92. The van der Waals surface area contributed by atoms with E-state index < -0.39 is 0 Å². The van der Waals surface area contributed by atoms with Gasteiger partial charge in [0.05, 0.1) is 5.69 Å². The summed E-state index contributed by atoms with van der Waals surface area (Å²) in [7, 11) is 0. The molecule has 0 unspecified atom stereocenters. The van der Waals surface area contributed by atoms with E-state index in [4.69, 9.17) is 0 Å². The van der Waals surface area contributed by atoms with Crippen LogP contribution in [-0.4, -0.2) is 6.04 Å². The van der Waals surface area contributed by atoms with Crippen molar-refractivity contribution >= 4 is 5.69 Å². The fraction of sp³-hybridized carbons (Fsp3) is 0.333.